The molecule has 87 heavy (non-hydrogen) atoms. The highest BCUT2D eigenvalue weighted by atomic mass is 15.2. The van der Waals surface area contributed by atoms with Crippen molar-refractivity contribution in [1.82, 2.24) is 4.57 Å². The van der Waals surface area contributed by atoms with Crippen LogP contribution in [0.5, 0.6) is 0 Å². The molecule has 0 radical (unpaired) electrons. The molecule has 6 nitrogen and oxygen atoms in total. The molecule has 9 aromatic rings. The molecule has 5 atom stereocenters. The van der Waals surface area contributed by atoms with E-state index in [1.165, 1.54) is 56.0 Å². The van der Waals surface area contributed by atoms with Gasteiger partial charge in [-0.15, -0.1) is 0 Å². The standard InChI is InChI=1S/C81H84N6/c1-10-29-65(12-3)82-66-46-53-80-75(56-66)61(8)78(50-41-60(7)84(69-33-21-15-22-34-69)70-35-23-16-24-36-70)86(80)73-47-43-63(44-48-73)64-45-52-77(58(5)55-64)87-79(51-42-59(6)83(67(13-4)30-11-2)68-31-19-14-20-32-68)62(9)76-57-74(49-54-81(76)87)85(71-37-25-17-26-38-71)72-39-27-18-28-40-72/h10-11,13-35,37-40,42-49,51-57,60-61,65,70,78,82H,6,12,36,41,50H2,1-5,7-9H3/b29-10-,30-11-,51-42-,67-13+. The van der Waals surface area contributed by atoms with Gasteiger partial charge in [-0.2, -0.15) is 0 Å². The van der Waals surface area contributed by atoms with Crippen LogP contribution < -0.4 is 24.9 Å². The van der Waals surface area contributed by atoms with Crippen molar-refractivity contribution < 1.29 is 0 Å². The molecule has 0 fully saturated rings. The van der Waals surface area contributed by atoms with Crippen molar-refractivity contribution in [3.05, 3.63) is 301 Å². The van der Waals surface area contributed by atoms with E-state index in [2.05, 4.69) is 352 Å². The second-order valence-electron chi connectivity index (χ2n) is 23.3. The molecule has 8 aromatic carbocycles. The zero-order valence-electron chi connectivity index (χ0n) is 52.1. The second-order valence-corrected chi connectivity index (χ2v) is 23.3. The summed E-state index contributed by atoms with van der Waals surface area (Å²) in [6, 6.07) is 74.4. The van der Waals surface area contributed by atoms with Gasteiger partial charge in [0.2, 0.25) is 0 Å². The molecular formula is C81H84N6. The molecule has 6 heteroatoms. The van der Waals surface area contributed by atoms with Crippen LogP contribution in [0.15, 0.2) is 279 Å². The SMILES string of the molecule is C=C(/C=C\c1c(C)c2cc(N(c3ccccc3)c3ccccc3)ccc2n1-c1ccc(-c2ccc(N3c4ccc(NC(/C=C\C)CC)cc4C(C)C3CCC(C)N(c3ccccc3)C3C=CC=CC3)cc2)cc1C)N(C(/C=C\C)=C/C)c1ccccc1. The number of nitrogens with zero attached hydrogens (tertiary/aromatic N) is 5. The molecule has 5 unspecified atom stereocenters. The molecule has 0 spiro atoms. The predicted octanol–water partition coefficient (Wildman–Crippen LogP) is 21.8. The van der Waals surface area contributed by atoms with Crippen LogP contribution in [0.4, 0.5) is 45.5 Å². The summed E-state index contributed by atoms with van der Waals surface area (Å²) in [6.45, 7) is 22.6. The number of para-hydroxylation sites is 4. The largest absolute Gasteiger partial charge is 0.379 e. The summed E-state index contributed by atoms with van der Waals surface area (Å²) in [6.07, 6.45) is 28.4. The highest BCUT2D eigenvalue weighted by molar-refractivity contribution is 5.95. The van der Waals surface area contributed by atoms with Gasteiger partial charge < -0.3 is 29.5 Å². The van der Waals surface area contributed by atoms with Crippen LogP contribution in [0.2, 0.25) is 0 Å². The summed E-state index contributed by atoms with van der Waals surface area (Å²) in [7, 11) is 0. The minimum atomic E-state index is 0.276. The third-order valence-corrected chi connectivity index (χ3v) is 17.7. The van der Waals surface area contributed by atoms with Gasteiger partial charge in [0.15, 0.2) is 0 Å². The highest BCUT2D eigenvalue weighted by Crippen LogP contribution is 2.49. The number of nitrogens with one attached hydrogen (secondary N) is 1. The van der Waals surface area contributed by atoms with Gasteiger partial charge in [-0.05, 0) is 222 Å². The van der Waals surface area contributed by atoms with E-state index in [0.717, 1.165) is 76.7 Å². The van der Waals surface area contributed by atoms with Crippen LogP contribution in [0, 0.1) is 13.8 Å². The van der Waals surface area contributed by atoms with E-state index in [1.54, 1.807) is 0 Å². The Morgan fingerprint density at radius 3 is 1.92 bits per heavy atom. The van der Waals surface area contributed by atoms with Crippen LogP contribution in [0.25, 0.3) is 33.8 Å². The molecule has 438 valence electrons. The van der Waals surface area contributed by atoms with Crippen LogP contribution >= 0.6 is 0 Å². The minimum absolute atomic E-state index is 0.276. The van der Waals surface area contributed by atoms with Crippen LogP contribution in [0.3, 0.4) is 0 Å². The number of hydrogen-bond donors (Lipinski definition) is 1. The van der Waals surface area contributed by atoms with Crippen molar-refractivity contribution in [2.24, 2.45) is 0 Å². The number of hydrogen-bond acceptors (Lipinski definition) is 5. The molecule has 1 aliphatic carbocycles. The number of rotatable bonds is 22. The first kappa shape index (κ1) is 59.2. The maximum Gasteiger partial charge on any atom is 0.0539 e. The van der Waals surface area contributed by atoms with Gasteiger partial charge in [-0.3, -0.25) is 0 Å². The van der Waals surface area contributed by atoms with Gasteiger partial charge >= 0.3 is 0 Å². The summed E-state index contributed by atoms with van der Waals surface area (Å²) in [5.41, 5.74) is 20.7. The Hall–Kier alpha value is -9.52. The van der Waals surface area contributed by atoms with E-state index >= 15 is 0 Å². The van der Waals surface area contributed by atoms with Crippen LogP contribution in [-0.2, 0) is 0 Å². The summed E-state index contributed by atoms with van der Waals surface area (Å²) < 4.78 is 2.45. The summed E-state index contributed by atoms with van der Waals surface area (Å²) in [5.74, 6) is 0.324. The molecule has 2 heterocycles. The Kier molecular flexibility index (Phi) is 18.5. The molecule has 11 rings (SSSR count). The Balaban J connectivity index is 0.952. The van der Waals surface area contributed by atoms with Gasteiger partial charge in [-0.1, -0.05) is 160 Å². The van der Waals surface area contributed by atoms with Crippen molar-refractivity contribution >= 4 is 62.5 Å². The minimum Gasteiger partial charge on any atom is -0.379 e. The van der Waals surface area contributed by atoms with Gasteiger partial charge in [0.1, 0.15) is 0 Å². The highest BCUT2D eigenvalue weighted by Gasteiger charge is 2.38. The molecule has 0 amide bonds. The molecule has 0 saturated heterocycles. The van der Waals surface area contributed by atoms with Gasteiger partial charge in [0, 0.05) is 97.7 Å². The van der Waals surface area contributed by atoms with E-state index in [9.17, 15) is 0 Å². The normalized spacial score (nSPS) is 16.5. The smallest absolute Gasteiger partial charge is 0.0539 e. The maximum atomic E-state index is 4.71. The average Bonchev–Trinajstić information content (AvgIpc) is 1.93. The first-order chi connectivity index (χ1) is 42.6. The Labute approximate surface area is 518 Å². The quantitative estimate of drug-likeness (QED) is 0.0540. The lowest BCUT2D eigenvalue weighted by atomic mass is 9.91. The Morgan fingerprint density at radius 2 is 1.31 bits per heavy atom. The molecule has 2 aliphatic rings. The molecular weight excluding hydrogens is 1060 g/mol. The lowest BCUT2D eigenvalue weighted by Gasteiger charge is -2.39. The fourth-order valence-electron chi connectivity index (χ4n) is 13.3. The van der Waals surface area contributed by atoms with E-state index in [4.69, 9.17) is 6.58 Å². The second kappa shape index (κ2) is 27.2. The third kappa shape index (κ3) is 12.6. The van der Waals surface area contributed by atoms with Crippen LogP contribution in [0.1, 0.15) is 95.5 Å². The number of aromatic nitrogens is 1. The van der Waals surface area contributed by atoms with Crippen molar-refractivity contribution in [2.75, 3.05) is 24.9 Å². The zero-order chi connectivity index (χ0) is 60.4. The monoisotopic (exact) mass is 1140 g/mol. The number of anilines is 8. The first-order valence-corrected chi connectivity index (χ1v) is 31.4. The van der Waals surface area contributed by atoms with E-state index < -0.39 is 0 Å². The van der Waals surface area contributed by atoms with Crippen molar-refractivity contribution in [2.45, 2.75) is 111 Å². The molecule has 0 saturated carbocycles. The molecule has 0 bridgehead atoms. The number of aryl methyl sites for hydroxylation is 2. The van der Waals surface area contributed by atoms with Gasteiger partial charge in [0.25, 0.3) is 0 Å². The van der Waals surface area contributed by atoms with Crippen molar-refractivity contribution in [1.29, 1.82) is 0 Å². The first-order valence-electron chi connectivity index (χ1n) is 31.4. The fourth-order valence-corrected chi connectivity index (χ4v) is 13.3. The average molecular weight is 1140 g/mol. The molecule has 1 N–H and O–H groups in total. The third-order valence-electron chi connectivity index (χ3n) is 17.7. The lowest BCUT2D eigenvalue weighted by molar-refractivity contribution is 0.469. The van der Waals surface area contributed by atoms with E-state index in [1.807, 2.05) is 0 Å². The van der Waals surface area contributed by atoms with Gasteiger partial charge in [0.05, 0.1) is 11.6 Å². The summed E-state index contributed by atoms with van der Waals surface area (Å²) in [4.78, 5) is 9.87. The Morgan fingerprint density at radius 1 is 0.667 bits per heavy atom. The Bertz CT molecular complexity index is 3960. The van der Waals surface area contributed by atoms with E-state index in [0.29, 0.717) is 18.0 Å². The number of allylic oxidation sites excluding steroid dienone is 7. The number of benzene rings is 8. The lowest BCUT2D eigenvalue weighted by Crippen LogP contribution is -2.42. The van der Waals surface area contributed by atoms with Crippen molar-refractivity contribution in [3.8, 4) is 16.8 Å². The summed E-state index contributed by atoms with van der Waals surface area (Å²) in [5, 5.41) is 5.02. The van der Waals surface area contributed by atoms with Crippen molar-refractivity contribution in [3.63, 3.8) is 0 Å². The van der Waals surface area contributed by atoms with Gasteiger partial charge in [-0.25, -0.2) is 0 Å². The summed E-state index contributed by atoms with van der Waals surface area (Å²) >= 11 is 0. The molecule has 1 aliphatic heterocycles. The predicted molar refractivity (Wildman–Crippen MR) is 376 cm³/mol. The fraction of sp³-hybridized carbons (Fsp3) is 0.210. The number of fused-ring (bicyclic) bond motifs is 2. The van der Waals surface area contributed by atoms with Crippen LogP contribution in [-0.4, -0.2) is 28.7 Å². The maximum absolute atomic E-state index is 4.71. The zero-order valence-corrected chi connectivity index (χ0v) is 52.1. The molecule has 1 aromatic heterocycles. The van der Waals surface area contributed by atoms with E-state index in [-0.39, 0.29) is 12.1 Å². The topological polar surface area (TPSA) is 29.9 Å².